The van der Waals surface area contributed by atoms with Gasteiger partial charge in [0, 0.05) is 25.6 Å². The Morgan fingerprint density at radius 2 is 1.82 bits per heavy atom. The fourth-order valence-corrected chi connectivity index (χ4v) is 6.44. The van der Waals surface area contributed by atoms with E-state index in [-0.39, 0.29) is 17.4 Å². The summed E-state index contributed by atoms with van der Waals surface area (Å²) in [4.78, 5) is 44.6. The van der Waals surface area contributed by atoms with E-state index in [2.05, 4.69) is 20.1 Å². The Hall–Kier alpha value is -4.97. The number of aromatic nitrogens is 4. The Labute approximate surface area is 276 Å². The van der Waals surface area contributed by atoms with Crippen molar-refractivity contribution in [3.8, 4) is 28.4 Å². The van der Waals surface area contributed by atoms with Gasteiger partial charge in [0.2, 0.25) is 5.91 Å². The number of carboxylic acid groups (broad SMARTS) is 2. The number of nitrogens with zero attached hydrogens (tertiary/aromatic N) is 4. The van der Waals surface area contributed by atoms with Gasteiger partial charge < -0.3 is 40.2 Å². The average molecular weight is 685 g/mol. The number of halogens is 2. The molecule has 0 radical (unpaired) electrons. The number of aliphatic hydroxyl groups excluding tert-OH is 2. The average Bonchev–Trinajstić information content (AvgIpc) is 3.88. The highest BCUT2D eigenvalue weighted by atomic mass is 19.1. The van der Waals surface area contributed by atoms with Gasteiger partial charge in [-0.2, -0.15) is 5.10 Å². The number of carboxylic acids is 2. The maximum atomic E-state index is 15.5. The molecule has 7 N–H and O–H groups in total. The van der Waals surface area contributed by atoms with Crippen molar-refractivity contribution in [1.29, 1.82) is 0 Å². The van der Waals surface area contributed by atoms with Gasteiger partial charge in [-0.05, 0) is 53.8 Å². The third-order valence-electron chi connectivity index (χ3n) is 9.05. The molecule has 49 heavy (non-hydrogen) atoms. The summed E-state index contributed by atoms with van der Waals surface area (Å²) in [6.07, 6.45) is -2.13. The zero-order valence-electron chi connectivity index (χ0n) is 26.2. The molecule has 2 aromatic carbocycles. The number of benzene rings is 2. The summed E-state index contributed by atoms with van der Waals surface area (Å²) >= 11 is 0. The van der Waals surface area contributed by atoms with Crippen LogP contribution in [0.15, 0.2) is 24.3 Å². The Morgan fingerprint density at radius 3 is 2.45 bits per heavy atom. The summed E-state index contributed by atoms with van der Waals surface area (Å²) < 4.78 is 35.3. The number of amides is 1. The number of aliphatic hydroxyl groups is 2. The number of phenols is 1. The number of H-pyrrole nitrogens is 2. The van der Waals surface area contributed by atoms with E-state index in [1.54, 1.807) is 6.07 Å². The molecule has 2 aromatic heterocycles. The number of carbonyl (C=O) groups is 3. The van der Waals surface area contributed by atoms with E-state index < -0.39 is 41.5 Å². The van der Waals surface area contributed by atoms with Crippen molar-refractivity contribution >= 4 is 28.7 Å². The molecule has 0 saturated carbocycles. The molecule has 2 unspecified atom stereocenters. The SMILES string of the molecule is CCc1cc(O)c(F)cc1-c1cc(F)c2c(-c3nc4c([nH]3)CN(C(=O)CN3C[C@H]5C[C@@H]3CO5)CC4)n[nH]c2c1.O=C(O)C(O)C(O)C(=O)O. The molecule has 15 nitrogen and oxygen atoms in total. The van der Waals surface area contributed by atoms with Crippen LogP contribution >= 0.6 is 0 Å². The zero-order chi connectivity index (χ0) is 35.1. The van der Waals surface area contributed by atoms with Gasteiger partial charge >= 0.3 is 11.9 Å². The number of phenolic OH excluding ortho intramolecular Hbond substituents is 1. The summed E-state index contributed by atoms with van der Waals surface area (Å²) in [6, 6.07) is 6.01. The fraction of sp³-hybridized carbons (Fsp3) is 0.406. The van der Waals surface area contributed by atoms with Crippen molar-refractivity contribution in [3.05, 3.63) is 52.9 Å². The van der Waals surface area contributed by atoms with Crippen LogP contribution in [-0.4, -0.2) is 124 Å². The van der Waals surface area contributed by atoms with Crippen molar-refractivity contribution in [2.45, 2.75) is 57.1 Å². The van der Waals surface area contributed by atoms with Crippen molar-refractivity contribution in [2.75, 3.05) is 26.2 Å². The molecule has 1 amide bonds. The highest BCUT2D eigenvalue weighted by Gasteiger charge is 2.40. The van der Waals surface area contributed by atoms with Gasteiger partial charge in [0.1, 0.15) is 11.5 Å². The summed E-state index contributed by atoms with van der Waals surface area (Å²) in [6.45, 7) is 4.79. The monoisotopic (exact) mass is 684 g/mol. The van der Waals surface area contributed by atoms with Crippen LogP contribution in [0.25, 0.3) is 33.5 Å². The van der Waals surface area contributed by atoms with Gasteiger partial charge in [0.25, 0.3) is 0 Å². The lowest BCUT2D eigenvalue weighted by molar-refractivity contribution is -0.165. The van der Waals surface area contributed by atoms with Crippen molar-refractivity contribution in [2.24, 2.45) is 0 Å². The van der Waals surface area contributed by atoms with Gasteiger partial charge in [0.15, 0.2) is 29.6 Å². The quantitative estimate of drug-likeness (QED) is 0.140. The molecule has 3 aliphatic heterocycles. The summed E-state index contributed by atoms with van der Waals surface area (Å²) in [7, 11) is 0. The number of imidazole rings is 1. The first kappa shape index (κ1) is 33.9. The summed E-state index contributed by atoms with van der Waals surface area (Å²) in [5.41, 5.74) is 4.18. The van der Waals surface area contributed by atoms with Gasteiger partial charge in [-0.1, -0.05) is 6.92 Å². The fourth-order valence-electron chi connectivity index (χ4n) is 6.44. The van der Waals surface area contributed by atoms with E-state index in [1.165, 1.54) is 18.2 Å². The maximum Gasteiger partial charge on any atom is 0.335 e. The normalized spacial score (nSPS) is 19.7. The molecule has 7 rings (SSSR count). The Kier molecular flexibility index (Phi) is 9.35. The summed E-state index contributed by atoms with van der Waals surface area (Å²) in [5.74, 6) is -4.72. The molecule has 0 spiro atoms. The van der Waals surface area contributed by atoms with E-state index >= 15 is 4.39 Å². The lowest BCUT2D eigenvalue weighted by atomic mass is 9.96. The van der Waals surface area contributed by atoms with Crippen molar-refractivity contribution in [3.63, 3.8) is 0 Å². The van der Waals surface area contributed by atoms with E-state index in [0.717, 1.165) is 24.4 Å². The van der Waals surface area contributed by atoms with E-state index in [0.29, 0.717) is 78.9 Å². The lowest BCUT2D eigenvalue weighted by Gasteiger charge is -2.31. The number of fused-ring (bicyclic) bond motifs is 4. The first-order chi connectivity index (χ1) is 23.3. The minimum atomic E-state index is -2.27. The number of hydrogen-bond donors (Lipinski definition) is 7. The van der Waals surface area contributed by atoms with E-state index in [1.807, 2.05) is 11.8 Å². The molecular weight excluding hydrogens is 650 g/mol. The van der Waals surface area contributed by atoms with Crippen LogP contribution in [0.1, 0.15) is 30.3 Å². The number of likely N-dealkylation sites (tertiary alicyclic amines) is 1. The third kappa shape index (κ3) is 6.69. The molecule has 5 heterocycles. The number of rotatable bonds is 8. The van der Waals surface area contributed by atoms with Crippen LogP contribution < -0.4 is 0 Å². The number of aliphatic carboxylic acids is 2. The van der Waals surface area contributed by atoms with Gasteiger partial charge in [-0.15, -0.1) is 0 Å². The molecule has 2 saturated heterocycles. The molecular formula is C32H34F2N6O9. The topological polar surface area (TPSA) is 225 Å². The number of carbonyl (C=O) groups excluding carboxylic acids is 1. The maximum absolute atomic E-state index is 15.5. The largest absolute Gasteiger partial charge is 0.505 e. The molecule has 2 bridgehead atoms. The number of nitrogens with one attached hydrogen (secondary N) is 2. The highest BCUT2D eigenvalue weighted by molar-refractivity contribution is 5.95. The molecule has 4 atom stereocenters. The number of aromatic amines is 2. The smallest absolute Gasteiger partial charge is 0.335 e. The zero-order valence-corrected chi connectivity index (χ0v) is 26.2. The minimum absolute atomic E-state index is 0.0882. The van der Waals surface area contributed by atoms with Gasteiger partial charge in [0.05, 0.1) is 48.1 Å². The van der Waals surface area contributed by atoms with E-state index in [9.17, 15) is 23.9 Å². The second-order valence-corrected chi connectivity index (χ2v) is 12.2. The second-order valence-electron chi connectivity index (χ2n) is 12.2. The first-order valence-corrected chi connectivity index (χ1v) is 15.6. The van der Waals surface area contributed by atoms with Crippen molar-refractivity contribution in [1.82, 2.24) is 30.0 Å². The highest BCUT2D eigenvalue weighted by Crippen LogP contribution is 2.36. The number of hydrogen-bond acceptors (Lipinski definition) is 10. The van der Waals surface area contributed by atoms with Crippen LogP contribution in [0.4, 0.5) is 8.78 Å². The Balaban J connectivity index is 0.000000365. The summed E-state index contributed by atoms with van der Waals surface area (Å²) in [5, 5.41) is 49.8. The number of aryl methyl sites for hydroxylation is 1. The van der Waals surface area contributed by atoms with E-state index in [4.69, 9.17) is 30.1 Å². The van der Waals surface area contributed by atoms with Gasteiger partial charge in [-0.25, -0.2) is 23.4 Å². The van der Waals surface area contributed by atoms with Gasteiger partial charge in [-0.3, -0.25) is 14.8 Å². The molecule has 0 aliphatic carbocycles. The molecule has 4 aromatic rings. The number of aromatic hydroxyl groups is 1. The van der Waals surface area contributed by atoms with Crippen LogP contribution in [0, 0.1) is 11.6 Å². The Morgan fingerprint density at radius 1 is 1.08 bits per heavy atom. The van der Waals surface area contributed by atoms with Crippen LogP contribution in [-0.2, 0) is 38.5 Å². The molecule has 3 aliphatic rings. The minimum Gasteiger partial charge on any atom is -0.505 e. The Bertz CT molecular complexity index is 1910. The van der Waals surface area contributed by atoms with Crippen LogP contribution in [0.5, 0.6) is 5.75 Å². The molecule has 17 heteroatoms. The molecule has 260 valence electrons. The van der Waals surface area contributed by atoms with Crippen LogP contribution in [0.3, 0.4) is 0 Å². The molecule has 2 fully saturated rings. The first-order valence-electron chi connectivity index (χ1n) is 15.6. The number of morpholine rings is 1. The standard InChI is InChI=1S/C28H28F2N6O3.C4H6O6/c1-2-14-7-24(37)19(29)9-18(14)15-5-20(30)26-22(6-15)33-34-27(26)28-31-21-3-4-35(11-23(21)32-28)25(38)12-36-10-17-8-16(36)13-39-17;5-1(3(7)8)2(6)4(9)10/h5-7,9,16-17,37H,2-4,8,10-13H2,1H3,(H,31,32)(H,33,34);1-2,5-6H,(H,7,8)(H,9,10)/t16-,17-;/m1./s1. The predicted molar refractivity (Wildman–Crippen MR) is 166 cm³/mol. The van der Waals surface area contributed by atoms with Crippen molar-refractivity contribution < 1.29 is 53.4 Å². The number of ether oxygens (including phenoxy) is 1. The third-order valence-corrected chi connectivity index (χ3v) is 9.05. The van der Waals surface area contributed by atoms with Crippen LogP contribution in [0.2, 0.25) is 0 Å². The second kappa shape index (κ2) is 13.5. The lowest BCUT2D eigenvalue weighted by Crippen LogP contribution is -2.46. The predicted octanol–water partition coefficient (Wildman–Crippen LogP) is 1.40.